The predicted octanol–water partition coefficient (Wildman–Crippen LogP) is 3.46. The number of hydrazone groups is 1. The van der Waals surface area contributed by atoms with Crippen LogP contribution in [0.25, 0.3) is 0 Å². The van der Waals surface area contributed by atoms with Gasteiger partial charge in [-0.1, -0.05) is 22.0 Å². The molecule has 0 aliphatic carbocycles. The highest BCUT2D eigenvalue weighted by molar-refractivity contribution is 9.10. The second kappa shape index (κ2) is 5.04. The van der Waals surface area contributed by atoms with E-state index < -0.39 is 5.72 Å². The van der Waals surface area contributed by atoms with Crippen LogP contribution >= 0.6 is 15.9 Å². The standard InChI is InChI=1S/C15H13BrN2O3/c1-10(19)18-15(2,13-7-4-8-20-13)21-14(17-18)11-5-3-6-12(16)9-11/h3-9H,1-2H3/t15-/m1/s1. The first-order valence-electron chi connectivity index (χ1n) is 6.39. The molecule has 0 N–H and O–H groups in total. The van der Waals surface area contributed by atoms with Gasteiger partial charge in [0.05, 0.1) is 6.26 Å². The maximum Gasteiger partial charge on any atom is 0.262 e. The summed E-state index contributed by atoms with van der Waals surface area (Å²) in [5.74, 6) is 0.677. The maximum absolute atomic E-state index is 11.9. The van der Waals surface area contributed by atoms with E-state index in [0.29, 0.717) is 11.7 Å². The number of rotatable bonds is 2. The topological polar surface area (TPSA) is 55.0 Å². The van der Waals surface area contributed by atoms with Gasteiger partial charge in [0.15, 0.2) is 5.76 Å². The number of hydrogen-bond acceptors (Lipinski definition) is 4. The molecule has 1 aromatic heterocycles. The highest BCUT2D eigenvalue weighted by Gasteiger charge is 2.47. The molecule has 0 saturated heterocycles. The zero-order valence-corrected chi connectivity index (χ0v) is 13.1. The number of carbonyl (C=O) groups excluding carboxylic acids is 1. The van der Waals surface area contributed by atoms with E-state index in [1.807, 2.05) is 24.3 Å². The van der Waals surface area contributed by atoms with Crippen molar-refractivity contribution >= 4 is 27.7 Å². The van der Waals surface area contributed by atoms with Crippen LogP contribution in [-0.4, -0.2) is 16.8 Å². The van der Waals surface area contributed by atoms with Crippen molar-refractivity contribution in [3.63, 3.8) is 0 Å². The summed E-state index contributed by atoms with van der Waals surface area (Å²) in [6.45, 7) is 3.19. The van der Waals surface area contributed by atoms with Crippen LogP contribution in [0, 0.1) is 0 Å². The molecule has 0 fully saturated rings. The van der Waals surface area contributed by atoms with Gasteiger partial charge in [-0.05, 0) is 30.3 Å². The van der Waals surface area contributed by atoms with Crippen molar-refractivity contribution < 1.29 is 13.9 Å². The van der Waals surface area contributed by atoms with Crippen molar-refractivity contribution in [2.45, 2.75) is 19.6 Å². The second-order valence-electron chi connectivity index (χ2n) is 4.81. The summed E-state index contributed by atoms with van der Waals surface area (Å²) in [6.07, 6.45) is 1.54. The van der Waals surface area contributed by atoms with Gasteiger partial charge in [-0.25, -0.2) is 0 Å². The minimum Gasteiger partial charge on any atom is -0.463 e. The van der Waals surface area contributed by atoms with Gasteiger partial charge in [0, 0.05) is 23.9 Å². The molecule has 1 aliphatic rings. The lowest BCUT2D eigenvalue weighted by Gasteiger charge is -2.28. The monoisotopic (exact) mass is 348 g/mol. The van der Waals surface area contributed by atoms with Crippen LogP contribution in [0.2, 0.25) is 0 Å². The van der Waals surface area contributed by atoms with E-state index in [1.165, 1.54) is 11.9 Å². The third kappa shape index (κ3) is 2.35. The molecule has 1 aliphatic heterocycles. The Labute approximate surface area is 130 Å². The Morgan fingerprint density at radius 3 is 2.76 bits per heavy atom. The molecular weight excluding hydrogens is 336 g/mol. The van der Waals surface area contributed by atoms with Crippen LogP contribution in [0.1, 0.15) is 25.2 Å². The Kier molecular flexibility index (Phi) is 3.33. The number of furan rings is 1. The number of amides is 1. The highest BCUT2D eigenvalue weighted by atomic mass is 79.9. The smallest absolute Gasteiger partial charge is 0.262 e. The van der Waals surface area contributed by atoms with Gasteiger partial charge in [-0.15, -0.1) is 5.10 Å². The van der Waals surface area contributed by atoms with Crippen molar-refractivity contribution in [1.29, 1.82) is 0 Å². The average molecular weight is 349 g/mol. The van der Waals surface area contributed by atoms with Crippen molar-refractivity contribution in [1.82, 2.24) is 5.01 Å². The van der Waals surface area contributed by atoms with Crippen molar-refractivity contribution in [3.05, 3.63) is 58.5 Å². The Morgan fingerprint density at radius 2 is 2.14 bits per heavy atom. The minimum atomic E-state index is -1.08. The summed E-state index contributed by atoms with van der Waals surface area (Å²) in [4.78, 5) is 11.9. The van der Waals surface area contributed by atoms with E-state index in [-0.39, 0.29) is 5.91 Å². The fourth-order valence-corrected chi connectivity index (χ4v) is 2.64. The number of nitrogens with zero attached hydrogens (tertiary/aromatic N) is 2. The number of hydrogen-bond donors (Lipinski definition) is 0. The summed E-state index contributed by atoms with van der Waals surface area (Å²) in [5, 5.41) is 5.60. The van der Waals surface area contributed by atoms with Crippen LogP contribution in [0.5, 0.6) is 0 Å². The Bertz CT molecular complexity index is 711. The Hall–Kier alpha value is -2.08. The van der Waals surface area contributed by atoms with Crippen LogP contribution in [-0.2, 0) is 15.3 Å². The molecule has 0 radical (unpaired) electrons. The van der Waals surface area contributed by atoms with Gasteiger partial charge < -0.3 is 9.15 Å². The zero-order chi connectivity index (χ0) is 15.0. The average Bonchev–Trinajstić information content (AvgIpc) is 3.06. The lowest BCUT2D eigenvalue weighted by molar-refractivity contribution is -0.148. The lowest BCUT2D eigenvalue weighted by Crippen LogP contribution is -2.41. The van der Waals surface area contributed by atoms with Gasteiger partial charge in [0.2, 0.25) is 11.8 Å². The first kappa shape index (κ1) is 13.9. The molecule has 1 atom stereocenters. The fourth-order valence-electron chi connectivity index (χ4n) is 2.24. The lowest BCUT2D eigenvalue weighted by atomic mass is 10.1. The molecule has 21 heavy (non-hydrogen) atoms. The summed E-state index contributed by atoms with van der Waals surface area (Å²) in [7, 11) is 0. The van der Waals surface area contributed by atoms with Crippen LogP contribution < -0.4 is 0 Å². The number of ether oxygens (including phenoxy) is 1. The first-order chi connectivity index (χ1) is 10.0. The minimum absolute atomic E-state index is 0.223. The van der Waals surface area contributed by atoms with E-state index in [1.54, 1.807) is 25.3 Å². The molecule has 2 heterocycles. The SMILES string of the molecule is CC(=O)N1N=C(c2cccc(Br)c2)O[C@]1(C)c1ccco1. The summed E-state index contributed by atoms with van der Waals surface area (Å²) in [6, 6.07) is 11.1. The van der Waals surface area contributed by atoms with Crippen LogP contribution in [0.15, 0.2) is 56.7 Å². The number of halogens is 1. The molecule has 2 aromatic rings. The quantitative estimate of drug-likeness (QED) is 0.834. The largest absolute Gasteiger partial charge is 0.463 e. The molecule has 108 valence electrons. The maximum atomic E-state index is 11.9. The predicted molar refractivity (Wildman–Crippen MR) is 80.3 cm³/mol. The van der Waals surface area contributed by atoms with E-state index in [0.717, 1.165) is 10.0 Å². The molecule has 1 amide bonds. The molecule has 6 heteroatoms. The van der Waals surface area contributed by atoms with Gasteiger partial charge >= 0.3 is 0 Å². The van der Waals surface area contributed by atoms with Crippen molar-refractivity contribution in [2.75, 3.05) is 0 Å². The zero-order valence-electron chi connectivity index (χ0n) is 11.5. The first-order valence-corrected chi connectivity index (χ1v) is 7.18. The highest BCUT2D eigenvalue weighted by Crippen LogP contribution is 2.36. The summed E-state index contributed by atoms with van der Waals surface area (Å²) < 4.78 is 12.3. The molecule has 5 nitrogen and oxygen atoms in total. The molecule has 0 bridgehead atoms. The number of carbonyl (C=O) groups is 1. The normalized spacial score (nSPS) is 21.1. The molecule has 1 aromatic carbocycles. The van der Waals surface area contributed by atoms with Gasteiger partial charge in [0.1, 0.15) is 0 Å². The molecule has 0 spiro atoms. The summed E-state index contributed by atoms with van der Waals surface area (Å²) >= 11 is 3.41. The number of benzene rings is 1. The van der Waals surface area contributed by atoms with Crippen LogP contribution in [0.4, 0.5) is 0 Å². The van der Waals surface area contributed by atoms with E-state index >= 15 is 0 Å². The molecular formula is C15H13BrN2O3. The molecule has 0 saturated carbocycles. The van der Waals surface area contributed by atoms with Gasteiger partial charge in [-0.3, -0.25) is 4.79 Å². The summed E-state index contributed by atoms with van der Waals surface area (Å²) in [5.41, 5.74) is -0.293. The van der Waals surface area contributed by atoms with Gasteiger partial charge in [0.25, 0.3) is 5.72 Å². The van der Waals surface area contributed by atoms with Gasteiger partial charge in [-0.2, -0.15) is 5.01 Å². The van der Waals surface area contributed by atoms with E-state index in [2.05, 4.69) is 21.0 Å². The fraction of sp³-hybridized carbons (Fsp3) is 0.200. The Balaban J connectivity index is 2.03. The Morgan fingerprint density at radius 1 is 1.33 bits per heavy atom. The third-order valence-electron chi connectivity index (χ3n) is 3.24. The van der Waals surface area contributed by atoms with E-state index in [4.69, 9.17) is 9.15 Å². The van der Waals surface area contributed by atoms with E-state index in [9.17, 15) is 4.79 Å². The van der Waals surface area contributed by atoms with Crippen LogP contribution in [0.3, 0.4) is 0 Å². The molecule has 0 unspecified atom stereocenters. The van der Waals surface area contributed by atoms with Crippen molar-refractivity contribution in [2.24, 2.45) is 5.10 Å². The molecule has 3 rings (SSSR count). The third-order valence-corrected chi connectivity index (χ3v) is 3.73. The van der Waals surface area contributed by atoms with Crippen molar-refractivity contribution in [3.8, 4) is 0 Å². The second-order valence-corrected chi connectivity index (χ2v) is 5.72.